The highest BCUT2D eigenvalue weighted by molar-refractivity contribution is 7.89. The van der Waals surface area contributed by atoms with E-state index in [1.54, 1.807) is 7.05 Å². The maximum atomic E-state index is 12.1. The maximum absolute atomic E-state index is 12.1. The van der Waals surface area contributed by atoms with E-state index in [0.717, 1.165) is 24.1 Å². The number of rotatable bonds is 8. The minimum Gasteiger partial charge on any atom is -0.320 e. The molecule has 1 aromatic rings. The average Bonchev–Trinajstić information content (AvgIpc) is 2.34. The molecule has 108 valence electrons. The van der Waals surface area contributed by atoms with Crippen molar-refractivity contribution >= 4 is 10.0 Å². The average molecular weight is 284 g/mol. The van der Waals surface area contributed by atoms with Gasteiger partial charge in [-0.3, -0.25) is 0 Å². The largest absolute Gasteiger partial charge is 0.320 e. The van der Waals surface area contributed by atoms with Crippen LogP contribution in [-0.2, 0) is 16.6 Å². The summed E-state index contributed by atoms with van der Waals surface area (Å²) in [6.45, 7) is 3.31. The van der Waals surface area contributed by atoms with Gasteiger partial charge >= 0.3 is 0 Å². The van der Waals surface area contributed by atoms with Gasteiger partial charge in [0.2, 0.25) is 10.0 Å². The van der Waals surface area contributed by atoms with Gasteiger partial charge in [0.05, 0.1) is 5.75 Å². The van der Waals surface area contributed by atoms with Gasteiger partial charge in [-0.05, 0) is 38.9 Å². The van der Waals surface area contributed by atoms with E-state index in [1.165, 1.54) is 4.31 Å². The zero-order valence-corrected chi connectivity index (χ0v) is 12.8. The summed E-state index contributed by atoms with van der Waals surface area (Å²) in [5.74, 6) is 0.219. The van der Waals surface area contributed by atoms with Crippen LogP contribution in [0.5, 0.6) is 0 Å². The van der Waals surface area contributed by atoms with Crippen molar-refractivity contribution in [2.45, 2.75) is 26.3 Å². The van der Waals surface area contributed by atoms with Gasteiger partial charge in [0.15, 0.2) is 0 Å². The zero-order valence-electron chi connectivity index (χ0n) is 12.0. The first-order valence-electron chi connectivity index (χ1n) is 6.60. The second-order valence-corrected chi connectivity index (χ2v) is 7.07. The van der Waals surface area contributed by atoms with Gasteiger partial charge in [0, 0.05) is 13.6 Å². The van der Waals surface area contributed by atoms with Gasteiger partial charge in [-0.25, -0.2) is 12.7 Å². The van der Waals surface area contributed by atoms with E-state index in [-0.39, 0.29) is 5.75 Å². The first-order valence-corrected chi connectivity index (χ1v) is 8.21. The fourth-order valence-corrected chi connectivity index (χ4v) is 3.13. The summed E-state index contributed by atoms with van der Waals surface area (Å²) in [7, 11) is 0.376. The summed E-state index contributed by atoms with van der Waals surface area (Å²) in [4.78, 5) is 0. The van der Waals surface area contributed by atoms with Crippen LogP contribution < -0.4 is 5.32 Å². The minimum absolute atomic E-state index is 0.219. The van der Waals surface area contributed by atoms with Crippen LogP contribution in [0.3, 0.4) is 0 Å². The maximum Gasteiger partial charge on any atom is 0.214 e. The molecule has 4 nitrogen and oxygen atoms in total. The molecule has 0 bridgehead atoms. The van der Waals surface area contributed by atoms with Gasteiger partial charge in [-0.2, -0.15) is 0 Å². The fraction of sp³-hybridized carbons (Fsp3) is 0.571. The highest BCUT2D eigenvalue weighted by Crippen LogP contribution is 2.10. The van der Waals surface area contributed by atoms with Gasteiger partial charge in [0.25, 0.3) is 0 Å². The van der Waals surface area contributed by atoms with Gasteiger partial charge in [0.1, 0.15) is 0 Å². The number of benzene rings is 1. The van der Waals surface area contributed by atoms with Crippen LogP contribution in [0.25, 0.3) is 0 Å². The van der Waals surface area contributed by atoms with E-state index in [1.807, 2.05) is 38.2 Å². The van der Waals surface area contributed by atoms with Crippen LogP contribution in [0.15, 0.2) is 24.3 Å². The second-order valence-electron chi connectivity index (χ2n) is 4.87. The molecule has 1 rings (SSSR count). The summed E-state index contributed by atoms with van der Waals surface area (Å²) in [5, 5.41) is 3.02. The second kappa shape index (κ2) is 7.62. The molecule has 5 heteroatoms. The molecular weight excluding hydrogens is 260 g/mol. The minimum atomic E-state index is -3.15. The Bertz CT molecular complexity index is 486. The van der Waals surface area contributed by atoms with Crippen LogP contribution in [0.2, 0.25) is 0 Å². The molecule has 19 heavy (non-hydrogen) atoms. The molecule has 0 heterocycles. The summed E-state index contributed by atoms with van der Waals surface area (Å²) >= 11 is 0. The fourth-order valence-electron chi connectivity index (χ4n) is 1.91. The number of nitrogens with one attached hydrogen (secondary N) is 1. The van der Waals surface area contributed by atoms with Crippen molar-refractivity contribution in [1.82, 2.24) is 9.62 Å². The lowest BCUT2D eigenvalue weighted by Crippen LogP contribution is -2.29. The summed E-state index contributed by atoms with van der Waals surface area (Å²) in [6.07, 6.45) is 1.58. The monoisotopic (exact) mass is 284 g/mol. The molecule has 0 amide bonds. The third kappa shape index (κ3) is 5.72. The lowest BCUT2D eigenvalue weighted by molar-refractivity contribution is 0.464. The standard InChI is InChI=1S/C14H24N2O2S/c1-13-7-6-8-14(11-13)12-16(3)19(17,18)10-5-4-9-15-2/h6-8,11,15H,4-5,9-10,12H2,1-3H3. The Morgan fingerprint density at radius 1 is 1.26 bits per heavy atom. The molecule has 0 aliphatic rings. The van der Waals surface area contributed by atoms with Gasteiger partial charge < -0.3 is 5.32 Å². The molecule has 0 saturated carbocycles. The number of aryl methyl sites for hydroxylation is 1. The number of sulfonamides is 1. The van der Waals surface area contributed by atoms with Crippen LogP contribution in [-0.4, -0.2) is 39.1 Å². The highest BCUT2D eigenvalue weighted by atomic mass is 32.2. The normalized spacial score (nSPS) is 12.0. The Hall–Kier alpha value is -0.910. The summed E-state index contributed by atoms with van der Waals surface area (Å²) in [5.41, 5.74) is 2.18. The van der Waals surface area contributed by atoms with Crippen LogP contribution in [0.4, 0.5) is 0 Å². The lowest BCUT2D eigenvalue weighted by atomic mass is 10.1. The van der Waals surface area contributed by atoms with E-state index in [9.17, 15) is 8.42 Å². The molecule has 0 radical (unpaired) electrons. The SMILES string of the molecule is CNCCCCS(=O)(=O)N(C)Cc1cccc(C)c1. The Morgan fingerprint density at radius 2 is 2.00 bits per heavy atom. The molecule has 1 aromatic carbocycles. The van der Waals surface area contributed by atoms with E-state index in [0.29, 0.717) is 13.0 Å². The van der Waals surface area contributed by atoms with Gasteiger partial charge in [-0.1, -0.05) is 29.8 Å². The topological polar surface area (TPSA) is 49.4 Å². The molecule has 0 fully saturated rings. The van der Waals surface area contributed by atoms with Crippen LogP contribution in [0, 0.1) is 6.92 Å². The van der Waals surface area contributed by atoms with E-state index < -0.39 is 10.0 Å². The Morgan fingerprint density at radius 3 is 2.63 bits per heavy atom. The van der Waals surface area contributed by atoms with Crippen molar-refractivity contribution in [3.05, 3.63) is 35.4 Å². The first kappa shape index (κ1) is 16.1. The molecule has 0 atom stereocenters. The summed E-state index contributed by atoms with van der Waals surface area (Å²) in [6, 6.07) is 7.95. The smallest absolute Gasteiger partial charge is 0.214 e. The van der Waals surface area contributed by atoms with Crippen molar-refractivity contribution in [1.29, 1.82) is 0 Å². The number of hydrogen-bond donors (Lipinski definition) is 1. The van der Waals surface area contributed by atoms with Crippen molar-refractivity contribution in [2.24, 2.45) is 0 Å². The third-order valence-electron chi connectivity index (χ3n) is 3.04. The van der Waals surface area contributed by atoms with E-state index in [4.69, 9.17) is 0 Å². The predicted molar refractivity (Wildman–Crippen MR) is 79.6 cm³/mol. The lowest BCUT2D eigenvalue weighted by Gasteiger charge is -2.17. The number of hydrogen-bond acceptors (Lipinski definition) is 3. The van der Waals surface area contributed by atoms with Crippen molar-refractivity contribution in [2.75, 3.05) is 26.4 Å². The quantitative estimate of drug-likeness (QED) is 0.740. The molecule has 0 aromatic heterocycles. The molecule has 0 aliphatic heterocycles. The van der Waals surface area contributed by atoms with Crippen LogP contribution in [0.1, 0.15) is 24.0 Å². The third-order valence-corrected chi connectivity index (χ3v) is 4.93. The molecule has 0 unspecified atom stereocenters. The highest BCUT2D eigenvalue weighted by Gasteiger charge is 2.17. The van der Waals surface area contributed by atoms with Crippen molar-refractivity contribution in [3.8, 4) is 0 Å². The Kier molecular flexibility index (Phi) is 6.48. The zero-order chi connectivity index (χ0) is 14.3. The predicted octanol–water partition coefficient (Wildman–Crippen LogP) is 1.76. The van der Waals surface area contributed by atoms with Crippen molar-refractivity contribution in [3.63, 3.8) is 0 Å². The van der Waals surface area contributed by atoms with Crippen LogP contribution >= 0.6 is 0 Å². The van der Waals surface area contributed by atoms with Crippen molar-refractivity contribution < 1.29 is 8.42 Å². The van der Waals surface area contributed by atoms with Gasteiger partial charge in [-0.15, -0.1) is 0 Å². The summed E-state index contributed by atoms with van der Waals surface area (Å²) < 4.78 is 25.6. The molecule has 1 N–H and O–H groups in total. The van der Waals surface area contributed by atoms with E-state index in [2.05, 4.69) is 5.32 Å². The number of unbranched alkanes of at least 4 members (excludes halogenated alkanes) is 1. The Balaban J connectivity index is 2.53. The first-order chi connectivity index (χ1) is 8.95. The van der Waals surface area contributed by atoms with E-state index >= 15 is 0 Å². The number of nitrogens with zero attached hydrogens (tertiary/aromatic N) is 1. The molecular formula is C14H24N2O2S. The Labute approximate surface area is 116 Å². The molecule has 0 spiro atoms. The molecule has 0 aliphatic carbocycles. The molecule has 0 saturated heterocycles.